The highest BCUT2D eigenvalue weighted by molar-refractivity contribution is 9.10. The lowest BCUT2D eigenvalue weighted by Crippen LogP contribution is -2.47. The summed E-state index contributed by atoms with van der Waals surface area (Å²) >= 11 is 3.36. The summed E-state index contributed by atoms with van der Waals surface area (Å²) in [5.41, 5.74) is -0.0758. The van der Waals surface area contributed by atoms with Crippen molar-refractivity contribution in [2.75, 3.05) is 6.54 Å². The molecule has 0 radical (unpaired) electrons. The molecule has 4 nitrogen and oxygen atoms in total. The highest BCUT2D eigenvalue weighted by Gasteiger charge is 2.43. The summed E-state index contributed by atoms with van der Waals surface area (Å²) in [5.74, 6) is -0.590. The highest BCUT2D eigenvalue weighted by Crippen LogP contribution is 2.33. The smallest absolute Gasteiger partial charge is 0.323 e. The third-order valence-electron chi connectivity index (χ3n) is 3.65. The van der Waals surface area contributed by atoms with Gasteiger partial charge in [0.05, 0.1) is 0 Å². The summed E-state index contributed by atoms with van der Waals surface area (Å²) in [6, 6.07) is 5.21. The molecule has 5 heteroatoms. The summed E-state index contributed by atoms with van der Waals surface area (Å²) in [6.07, 6.45) is 1.52. The number of rotatable bonds is 3. The first-order valence-corrected chi connectivity index (χ1v) is 6.68. The fourth-order valence-corrected chi connectivity index (χ4v) is 2.81. The number of phenolic OH excluding ortho intramolecular Hbond substituents is 1. The topological polar surface area (TPSA) is 60.8 Å². The first kappa shape index (κ1) is 13.4. The van der Waals surface area contributed by atoms with Crippen LogP contribution in [0.4, 0.5) is 0 Å². The van der Waals surface area contributed by atoms with Crippen molar-refractivity contribution in [3.05, 3.63) is 28.2 Å². The Balaban J connectivity index is 2.23. The normalized spacial score (nSPS) is 24.3. The number of carboxylic acid groups (broad SMARTS) is 1. The van der Waals surface area contributed by atoms with E-state index >= 15 is 0 Å². The second-order valence-electron chi connectivity index (χ2n) is 4.88. The molecule has 1 aromatic rings. The van der Waals surface area contributed by atoms with Crippen molar-refractivity contribution in [1.29, 1.82) is 0 Å². The largest absolute Gasteiger partial charge is 0.508 e. The Bertz CT molecular complexity index is 477. The number of carbonyl (C=O) groups is 1. The van der Waals surface area contributed by atoms with Gasteiger partial charge in [-0.05, 0) is 44.5 Å². The van der Waals surface area contributed by atoms with E-state index in [9.17, 15) is 15.0 Å². The maximum Gasteiger partial charge on any atom is 0.323 e. The average molecular weight is 314 g/mol. The molecule has 1 saturated heterocycles. The van der Waals surface area contributed by atoms with Crippen LogP contribution in [0, 0.1) is 0 Å². The molecule has 1 atom stereocenters. The van der Waals surface area contributed by atoms with Crippen molar-refractivity contribution in [1.82, 2.24) is 4.90 Å². The molecule has 0 aromatic heterocycles. The summed E-state index contributed by atoms with van der Waals surface area (Å²) in [5, 5.41) is 19.1. The van der Waals surface area contributed by atoms with Crippen molar-refractivity contribution >= 4 is 21.9 Å². The van der Waals surface area contributed by atoms with Crippen LogP contribution in [0.1, 0.15) is 25.3 Å². The zero-order valence-corrected chi connectivity index (χ0v) is 11.8. The molecule has 1 aromatic carbocycles. The first-order chi connectivity index (χ1) is 8.43. The Morgan fingerprint density at radius 2 is 2.28 bits per heavy atom. The van der Waals surface area contributed by atoms with Crippen LogP contribution >= 0.6 is 15.9 Å². The minimum Gasteiger partial charge on any atom is -0.508 e. The molecule has 2 N–H and O–H groups in total. The Hall–Kier alpha value is -1.07. The standard InChI is InChI=1S/C13H16BrNO3/c1-13(12(17)18)5-2-6-15(13)8-9-7-10(14)3-4-11(9)16/h3-4,7,16H,2,5-6,8H2,1H3,(H,17,18). The van der Waals surface area contributed by atoms with Crippen molar-refractivity contribution in [2.45, 2.75) is 31.8 Å². The number of likely N-dealkylation sites (tertiary alicyclic amines) is 1. The molecule has 1 aliphatic heterocycles. The number of benzene rings is 1. The lowest BCUT2D eigenvalue weighted by Gasteiger charge is -2.31. The summed E-state index contributed by atoms with van der Waals surface area (Å²) in [7, 11) is 0. The minimum atomic E-state index is -0.825. The molecule has 0 amide bonds. The van der Waals surface area contributed by atoms with E-state index in [0.717, 1.165) is 23.0 Å². The van der Waals surface area contributed by atoms with Crippen LogP contribution in [0.25, 0.3) is 0 Å². The van der Waals surface area contributed by atoms with Gasteiger partial charge < -0.3 is 10.2 Å². The van der Waals surface area contributed by atoms with Gasteiger partial charge in [0.25, 0.3) is 0 Å². The zero-order valence-electron chi connectivity index (χ0n) is 10.2. The Morgan fingerprint density at radius 3 is 2.94 bits per heavy atom. The molecule has 0 spiro atoms. The predicted octanol–water partition coefficient (Wildman–Crippen LogP) is 2.59. The zero-order chi connectivity index (χ0) is 13.3. The Labute approximate surface area is 114 Å². The van der Waals surface area contributed by atoms with Gasteiger partial charge in [-0.15, -0.1) is 0 Å². The summed E-state index contributed by atoms with van der Waals surface area (Å²) < 4.78 is 0.881. The number of nitrogens with zero attached hydrogens (tertiary/aromatic N) is 1. The predicted molar refractivity (Wildman–Crippen MR) is 71.5 cm³/mol. The van der Waals surface area contributed by atoms with E-state index in [1.54, 1.807) is 19.1 Å². The monoisotopic (exact) mass is 313 g/mol. The lowest BCUT2D eigenvalue weighted by molar-refractivity contribution is -0.148. The van der Waals surface area contributed by atoms with E-state index in [2.05, 4.69) is 15.9 Å². The quantitative estimate of drug-likeness (QED) is 0.900. The van der Waals surface area contributed by atoms with E-state index in [1.807, 2.05) is 11.0 Å². The van der Waals surface area contributed by atoms with Gasteiger partial charge in [-0.3, -0.25) is 9.69 Å². The number of aliphatic carboxylic acids is 1. The van der Waals surface area contributed by atoms with Crippen molar-refractivity contribution < 1.29 is 15.0 Å². The van der Waals surface area contributed by atoms with Crippen molar-refractivity contribution in [2.24, 2.45) is 0 Å². The third kappa shape index (κ3) is 2.37. The van der Waals surface area contributed by atoms with Crippen LogP contribution in [-0.4, -0.2) is 33.2 Å². The van der Waals surface area contributed by atoms with Gasteiger partial charge in [0.2, 0.25) is 0 Å². The number of halogens is 1. The number of hydrogen-bond acceptors (Lipinski definition) is 3. The third-order valence-corrected chi connectivity index (χ3v) is 4.15. The molecule has 1 fully saturated rings. The van der Waals surface area contributed by atoms with E-state index < -0.39 is 11.5 Å². The fraction of sp³-hybridized carbons (Fsp3) is 0.462. The number of hydrogen-bond donors (Lipinski definition) is 2. The molecular formula is C13H16BrNO3. The lowest BCUT2D eigenvalue weighted by atomic mass is 9.99. The first-order valence-electron chi connectivity index (χ1n) is 5.89. The molecule has 0 saturated carbocycles. The van der Waals surface area contributed by atoms with Crippen molar-refractivity contribution in [3.63, 3.8) is 0 Å². The Kier molecular flexibility index (Phi) is 3.64. The number of phenols is 1. The molecule has 1 unspecified atom stereocenters. The van der Waals surface area contributed by atoms with Gasteiger partial charge in [0, 0.05) is 16.6 Å². The van der Waals surface area contributed by atoms with Gasteiger partial charge in [-0.25, -0.2) is 0 Å². The summed E-state index contributed by atoms with van der Waals surface area (Å²) in [4.78, 5) is 13.3. The van der Waals surface area contributed by atoms with E-state index in [0.29, 0.717) is 13.0 Å². The average Bonchev–Trinajstić information content (AvgIpc) is 2.67. The SMILES string of the molecule is CC1(C(=O)O)CCCN1Cc1cc(Br)ccc1O. The molecule has 1 heterocycles. The molecule has 0 aliphatic carbocycles. The second-order valence-corrected chi connectivity index (χ2v) is 5.79. The number of carboxylic acids is 1. The van der Waals surface area contributed by atoms with Crippen LogP contribution in [-0.2, 0) is 11.3 Å². The van der Waals surface area contributed by atoms with Crippen LogP contribution in [0.3, 0.4) is 0 Å². The van der Waals surface area contributed by atoms with Gasteiger partial charge in [0.1, 0.15) is 11.3 Å². The molecule has 1 aliphatic rings. The van der Waals surface area contributed by atoms with Gasteiger partial charge >= 0.3 is 5.97 Å². The molecule has 0 bridgehead atoms. The molecule has 18 heavy (non-hydrogen) atoms. The molecule has 98 valence electrons. The van der Waals surface area contributed by atoms with Crippen LogP contribution in [0.2, 0.25) is 0 Å². The van der Waals surface area contributed by atoms with E-state index in [1.165, 1.54) is 0 Å². The second kappa shape index (κ2) is 4.90. The van der Waals surface area contributed by atoms with Gasteiger partial charge in [-0.2, -0.15) is 0 Å². The van der Waals surface area contributed by atoms with Crippen LogP contribution in [0.5, 0.6) is 5.75 Å². The Morgan fingerprint density at radius 1 is 1.56 bits per heavy atom. The van der Waals surface area contributed by atoms with Crippen LogP contribution in [0.15, 0.2) is 22.7 Å². The maximum absolute atomic E-state index is 11.4. The maximum atomic E-state index is 11.4. The van der Waals surface area contributed by atoms with E-state index in [4.69, 9.17) is 0 Å². The summed E-state index contributed by atoms with van der Waals surface area (Å²) in [6.45, 7) is 2.94. The fourth-order valence-electron chi connectivity index (χ4n) is 2.40. The van der Waals surface area contributed by atoms with Crippen molar-refractivity contribution in [3.8, 4) is 5.75 Å². The van der Waals surface area contributed by atoms with Crippen LogP contribution < -0.4 is 0 Å². The molecule has 2 rings (SSSR count). The minimum absolute atomic E-state index is 0.206. The van der Waals surface area contributed by atoms with Gasteiger partial charge in [-0.1, -0.05) is 15.9 Å². The number of aromatic hydroxyl groups is 1. The van der Waals surface area contributed by atoms with E-state index in [-0.39, 0.29) is 5.75 Å². The highest BCUT2D eigenvalue weighted by atomic mass is 79.9. The van der Waals surface area contributed by atoms with Gasteiger partial charge in [0.15, 0.2) is 0 Å². The molecular weight excluding hydrogens is 298 g/mol.